The number of halogens is 6. The number of carbonyl (C=O) groups is 2. The number of carboxylic acids is 1. The van der Waals surface area contributed by atoms with Crippen molar-refractivity contribution in [1.82, 2.24) is 14.5 Å². The highest BCUT2D eigenvalue weighted by Crippen LogP contribution is 2.30. The Bertz CT molecular complexity index is 1510. The van der Waals surface area contributed by atoms with E-state index < -0.39 is 29.8 Å². The van der Waals surface area contributed by atoms with Crippen LogP contribution in [0.15, 0.2) is 67.0 Å². The van der Waals surface area contributed by atoms with Crippen LogP contribution < -0.4 is 10.2 Å². The quantitative estimate of drug-likeness (QED) is 0.306. The number of hydrogen-bond acceptors (Lipinski definition) is 5. The molecule has 1 aliphatic heterocycles. The van der Waals surface area contributed by atoms with Crippen LogP contribution in [0.3, 0.4) is 0 Å². The molecule has 14 heteroatoms. The van der Waals surface area contributed by atoms with Crippen LogP contribution in [0.25, 0.3) is 11.0 Å². The van der Waals surface area contributed by atoms with Crippen LogP contribution in [0.5, 0.6) is 0 Å². The Hall–Kier alpha value is -4.62. The SMILES string of the molecule is O=C(Nc1ccc(N2CCC2)nc1)c1cc2cccnc2n1Cc1cccc(C(F)(F)F)c1.O=C(O)C(F)(F)F. The molecule has 5 rings (SSSR count). The predicted octanol–water partition coefficient (Wildman–Crippen LogP) is 5.59. The van der Waals surface area contributed by atoms with Gasteiger partial charge >= 0.3 is 18.3 Å². The topological polar surface area (TPSA) is 100 Å². The third-order valence-electron chi connectivity index (χ3n) is 5.91. The van der Waals surface area contributed by atoms with Gasteiger partial charge in [-0.1, -0.05) is 12.1 Å². The van der Waals surface area contributed by atoms with Crippen molar-refractivity contribution in [1.29, 1.82) is 0 Å². The number of carbonyl (C=O) groups excluding carboxylic acids is 1. The fraction of sp³-hybridized carbons (Fsp3) is 0.231. The van der Waals surface area contributed by atoms with E-state index in [9.17, 15) is 31.1 Å². The number of fused-ring (bicyclic) bond motifs is 1. The maximum atomic E-state index is 13.2. The van der Waals surface area contributed by atoms with Crippen molar-refractivity contribution in [3.63, 3.8) is 0 Å². The molecule has 0 aliphatic carbocycles. The van der Waals surface area contributed by atoms with Crippen molar-refractivity contribution in [2.45, 2.75) is 25.3 Å². The van der Waals surface area contributed by atoms with E-state index in [2.05, 4.69) is 20.2 Å². The van der Waals surface area contributed by atoms with E-state index in [1.54, 1.807) is 41.2 Å². The van der Waals surface area contributed by atoms with Gasteiger partial charge in [0.25, 0.3) is 5.91 Å². The first-order valence-corrected chi connectivity index (χ1v) is 11.8. The molecule has 1 saturated heterocycles. The lowest BCUT2D eigenvalue weighted by Gasteiger charge is -2.31. The standard InChI is InChI=1S/C24H20F3N5O.C2HF3O2/c25-24(26,27)18-6-1-4-16(12-18)15-32-20(13-17-5-2-9-28-22(17)32)23(33)30-19-7-8-21(29-14-19)31-10-3-11-31;3-2(4,5)1(6)7/h1-2,4-9,12-14H,3,10-11,15H2,(H,30,33);(H,6,7). The van der Waals surface area contributed by atoms with Gasteiger partial charge in [0.15, 0.2) is 0 Å². The van der Waals surface area contributed by atoms with Gasteiger partial charge in [-0.25, -0.2) is 14.8 Å². The number of carboxylic acid groups (broad SMARTS) is 1. The maximum Gasteiger partial charge on any atom is 0.490 e. The Kier molecular flexibility index (Phi) is 7.98. The highest BCUT2D eigenvalue weighted by Gasteiger charge is 2.38. The first kappa shape index (κ1) is 28.4. The highest BCUT2D eigenvalue weighted by molar-refractivity contribution is 6.06. The number of pyridine rings is 2. The molecule has 210 valence electrons. The lowest BCUT2D eigenvalue weighted by molar-refractivity contribution is -0.192. The Balaban J connectivity index is 0.000000470. The van der Waals surface area contributed by atoms with E-state index in [0.29, 0.717) is 22.6 Å². The fourth-order valence-corrected chi connectivity index (χ4v) is 3.85. The van der Waals surface area contributed by atoms with E-state index in [-0.39, 0.29) is 6.54 Å². The molecule has 40 heavy (non-hydrogen) atoms. The first-order valence-electron chi connectivity index (χ1n) is 11.8. The third kappa shape index (κ3) is 6.68. The summed E-state index contributed by atoms with van der Waals surface area (Å²) < 4.78 is 72.8. The zero-order valence-electron chi connectivity index (χ0n) is 20.5. The van der Waals surface area contributed by atoms with Gasteiger partial charge in [-0.2, -0.15) is 26.3 Å². The van der Waals surface area contributed by atoms with Gasteiger partial charge in [-0.15, -0.1) is 0 Å². The largest absolute Gasteiger partial charge is 0.490 e. The molecular formula is C26H21F6N5O3. The smallest absolute Gasteiger partial charge is 0.475 e. The number of aliphatic carboxylic acids is 1. The van der Waals surface area contributed by atoms with Crippen molar-refractivity contribution in [2.75, 3.05) is 23.3 Å². The summed E-state index contributed by atoms with van der Waals surface area (Å²) in [7, 11) is 0. The maximum absolute atomic E-state index is 13.2. The summed E-state index contributed by atoms with van der Waals surface area (Å²) in [6.45, 7) is 2.02. The monoisotopic (exact) mass is 565 g/mol. The van der Waals surface area contributed by atoms with E-state index in [1.807, 2.05) is 12.1 Å². The number of rotatable bonds is 5. The van der Waals surface area contributed by atoms with Crippen molar-refractivity contribution >= 4 is 34.4 Å². The molecule has 0 unspecified atom stereocenters. The fourth-order valence-electron chi connectivity index (χ4n) is 3.85. The van der Waals surface area contributed by atoms with Gasteiger partial charge in [0.2, 0.25) is 0 Å². The van der Waals surface area contributed by atoms with Crippen molar-refractivity contribution in [2.24, 2.45) is 0 Å². The molecule has 3 aromatic heterocycles. The van der Waals surface area contributed by atoms with Crippen LogP contribution in [-0.4, -0.2) is 50.8 Å². The Morgan fingerprint density at radius 2 is 1.68 bits per heavy atom. The summed E-state index contributed by atoms with van der Waals surface area (Å²) in [4.78, 5) is 32.9. The van der Waals surface area contributed by atoms with Crippen molar-refractivity contribution < 1.29 is 41.0 Å². The number of hydrogen-bond donors (Lipinski definition) is 2. The van der Waals surface area contributed by atoms with E-state index in [1.165, 1.54) is 6.07 Å². The van der Waals surface area contributed by atoms with Gasteiger partial charge in [-0.05, 0) is 54.4 Å². The molecular weight excluding hydrogens is 544 g/mol. The molecule has 1 aliphatic rings. The van der Waals surface area contributed by atoms with Crippen molar-refractivity contribution in [3.8, 4) is 0 Å². The molecule has 0 saturated carbocycles. The minimum Gasteiger partial charge on any atom is -0.475 e. The second-order valence-electron chi connectivity index (χ2n) is 8.73. The lowest BCUT2D eigenvalue weighted by atomic mass is 10.1. The molecule has 4 aromatic rings. The van der Waals surface area contributed by atoms with Gasteiger partial charge < -0.3 is 19.9 Å². The van der Waals surface area contributed by atoms with Gasteiger partial charge in [0.1, 0.15) is 17.2 Å². The molecule has 0 bridgehead atoms. The average Bonchev–Trinajstić information content (AvgIpc) is 3.22. The summed E-state index contributed by atoms with van der Waals surface area (Å²) >= 11 is 0. The predicted molar refractivity (Wildman–Crippen MR) is 133 cm³/mol. The minimum atomic E-state index is -5.08. The Morgan fingerprint density at radius 1 is 0.950 bits per heavy atom. The molecule has 4 heterocycles. The third-order valence-corrected chi connectivity index (χ3v) is 5.91. The van der Waals surface area contributed by atoms with Crippen LogP contribution in [0, 0.1) is 0 Å². The number of anilines is 2. The minimum absolute atomic E-state index is 0.0688. The number of aromatic nitrogens is 3. The Morgan fingerprint density at radius 3 is 2.25 bits per heavy atom. The zero-order chi connectivity index (χ0) is 29.1. The molecule has 0 spiro atoms. The first-order chi connectivity index (χ1) is 18.8. The normalized spacial score (nSPS) is 13.3. The molecule has 1 amide bonds. The summed E-state index contributed by atoms with van der Waals surface area (Å²) in [5.74, 6) is -2.28. The summed E-state index contributed by atoms with van der Waals surface area (Å²) in [6.07, 6.45) is -5.19. The highest BCUT2D eigenvalue weighted by atomic mass is 19.4. The molecule has 8 nitrogen and oxygen atoms in total. The second-order valence-corrected chi connectivity index (χ2v) is 8.73. The summed E-state index contributed by atoms with van der Waals surface area (Å²) in [6, 6.07) is 14.0. The van der Waals surface area contributed by atoms with Crippen molar-refractivity contribution in [3.05, 3.63) is 83.8 Å². The summed E-state index contributed by atoms with van der Waals surface area (Å²) in [5, 5.41) is 10.7. The molecule has 0 radical (unpaired) electrons. The van der Waals surface area contributed by atoms with Gasteiger partial charge in [0.05, 0.1) is 17.4 Å². The molecule has 1 aromatic carbocycles. The lowest BCUT2D eigenvalue weighted by Crippen LogP contribution is -2.37. The average molecular weight is 565 g/mol. The molecule has 1 fully saturated rings. The zero-order valence-corrected chi connectivity index (χ0v) is 20.5. The number of nitrogens with one attached hydrogen (secondary N) is 1. The number of nitrogens with zero attached hydrogens (tertiary/aromatic N) is 4. The number of amides is 1. The molecule has 2 N–H and O–H groups in total. The van der Waals surface area contributed by atoms with E-state index in [0.717, 1.165) is 42.8 Å². The number of alkyl halides is 6. The van der Waals surface area contributed by atoms with Crippen LogP contribution in [0.2, 0.25) is 0 Å². The van der Waals surface area contributed by atoms with E-state index in [4.69, 9.17) is 9.90 Å². The summed E-state index contributed by atoms with van der Waals surface area (Å²) in [5.41, 5.74) is 1.04. The van der Waals surface area contributed by atoms with E-state index >= 15 is 0 Å². The molecule has 0 atom stereocenters. The van der Waals surface area contributed by atoms with Crippen LogP contribution in [0.4, 0.5) is 37.8 Å². The Labute approximate surface area is 222 Å². The number of benzene rings is 1. The second kappa shape index (κ2) is 11.2. The van der Waals surface area contributed by atoms with Gasteiger partial charge in [0, 0.05) is 31.2 Å². The van der Waals surface area contributed by atoms with Crippen LogP contribution >= 0.6 is 0 Å². The van der Waals surface area contributed by atoms with Crippen LogP contribution in [0.1, 0.15) is 28.0 Å². The van der Waals surface area contributed by atoms with Crippen LogP contribution in [-0.2, 0) is 17.5 Å². The van der Waals surface area contributed by atoms with Gasteiger partial charge in [-0.3, -0.25) is 4.79 Å².